The number of hydrogen-bond acceptors (Lipinski definition) is 1. The van der Waals surface area contributed by atoms with Crippen LogP contribution in [0.2, 0.25) is 5.02 Å². The van der Waals surface area contributed by atoms with E-state index in [1.807, 2.05) is 24.4 Å². The Bertz CT molecular complexity index is 464. The molecule has 0 amide bonds. The molecule has 4 heteroatoms. The maximum atomic E-state index is 5.92. The first-order chi connectivity index (χ1) is 6.72. The van der Waals surface area contributed by atoms with Crippen molar-refractivity contribution >= 4 is 38.4 Å². The van der Waals surface area contributed by atoms with Crippen LogP contribution >= 0.6 is 27.5 Å². The molecule has 2 aromatic rings. The highest BCUT2D eigenvalue weighted by atomic mass is 79.9. The van der Waals surface area contributed by atoms with Crippen LogP contribution in [0.3, 0.4) is 0 Å². The molecule has 0 aliphatic heterocycles. The number of benzene rings is 1. The van der Waals surface area contributed by atoms with Crippen molar-refractivity contribution in [3.05, 3.63) is 33.9 Å². The summed E-state index contributed by atoms with van der Waals surface area (Å²) in [5, 5.41) is 1.88. The fourth-order valence-electron chi connectivity index (χ4n) is 1.55. The maximum Gasteiger partial charge on any atom is 0.0493 e. The normalized spacial score (nSPS) is 11.1. The summed E-state index contributed by atoms with van der Waals surface area (Å²) in [5.41, 5.74) is 6.69. The lowest BCUT2D eigenvalue weighted by atomic mass is 10.2. The minimum atomic E-state index is 0.638. The van der Waals surface area contributed by atoms with Crippen molar-refractivity contribution in [2.45, 2.75) is 6.54 Å². The van der Waals surface area contributed by atoms with Gasteiger partial charge in [0.05, 0.1) is 0 Å². The van der Waals surface area contributed by atoms with Gasteiger partial charge in [0.2, 0.25) is 0 Å². The smallest absolute Gasteiger partial charge is 0.0493 e. The first-order valence-corrected chi connectivity index (χ1v) is 5.53. The van der Waals surface area contributed by atoms with Crippen LogP contribution in [-0.4, -0.2) is 11.1 Å². The third-order valence-corrected chi connectivity index (χ3v) is 3.03. The van der Waals surface area contributed by atoms with Gasteiger partial charge in [-0.25, -0.2) is 0 Å². The van der Waals surface area contributed by atoms with Crippen LogP contribution in [0.4, 0.5) is 0 Å². The molecule has 2 rings (SSSR count). The van der Waals surface area contributed by atoms with Crippen molar-refractivity contribution < 1.29 is 0 Å². The molecular formula is C10H10BrClN2. The first kappa shape index (κ1) is 10.0. The van der Waals surface area contributed by atoms with Crippen molar-refractivity contribution in [3.8, 4) is 0 Å². The summed E-state index contributed by atoms with van der Waals surface area (Å²) in [6.07, 6.45) is 2.04. The Morgan fingerprint density at radius 1 is 1.43 bits per heavy atom. The Hall–Kier alpha value is -0.510. The Kier molecular flexibility index (Phi) is 2.81. The molecule has 0 fully saturated rings. The summed E-state index contributed by atoms with van der Waals surface area (Å²) in [6, 6.07) is 5.86. The van der Waals surface area contributed by atoms with E-state index in [4.69, 9.17) is 17.3 Å². The molecule has 2 N–H and O–H groups in total. The predicted octanol–water partition coefficient (Wildman–Crippen LogP) is 3.02. The zero-order chi connectivity index (χ0) is 10.1. The molecule has 0 radical (unpaired) electrons. The summed E-state index contributed by atoms with van der Waals surface area (Å²) in [6.45, 7) is 1.46. The van der Waals surface area contributed by atoms with E-state index in [2.05, 4.69) is 20.5 Å². The number of nitrogens with zero attached hydrogens (tertiary/aromatic N) is 1. The van der Waals surface area contributed by atoms with E-state index in [1.165, 1.54) is 0 Å². The maximum absolute atomic E-state index is 5.92. The van der Waals surface area contributed by atoms with Crippen LogP contribution in [0.25, 0.3) is 10.9 Å². The van der Waals surface area contributed by atoms with Crippen LogP contribution < -0.4 is 5.73 Å². The first-order valence-electron chi connectivity index (χ1n) is 4.36. The van der Waals surface area contributed by atoms with Gasteiger partial charge >= 0.3 is 0 Å². The average molecular weight is 274 g/mol. The van der Waals surface area contributed by atoms with E-state index < -0.39 is 0 Å². The van der Waals surface area contributed by atoms with E-state index in [-0.39, 0.29) is 0 Å². The monoisotopic (exact) mass is 272 g/mol. The summed E-state index contributed by atoms with van der Waals surface area (Å²) in [4.78, 5) is 0. The van der Waals surface area contributed by atoms with Crippen molar-refractivity contribution in [1.29, 1.82) is 0 Å². The fourth-order valence-corrected chi connectivity index (χ4v) is 2.29. The number of halogens is 2. The molecule has 1 heterocycles. The number of rotatable bonds is 2. The van der Waals surface area contributed by atoms with E-state index in [1.54, 1.807) is 0 Å². The van der Waals surface area contributed by atoms with Gasteiger partial charge in [-0.15, -0.1) is 0 Å². The second-order valence-corrected chi connectivity index (χ2v) is 4.41. The van der Waals surface area contributed by atoms with Gasteiger partial charge in [0.1, 0.15) is 0 Å². The Labute approximate surface area is 95.8 Å². The average Bonchev–Trinajstić information content (AvgIpc) is 2.44. The Morgan fingerprint density at radius 2 is 2.21 bits per heavy atom. The molecule has 0 saturated heterocycles. The SMILES string of the molecule is NCCn1cc(Br)c2cc(Cl)ccc21. The van der Waals surface area contributed by atoms with Gasteiger partial charge in [-0.1, -0.05) is 11.6 Å². The van der Waals surface area contributed by atoms with Crippen LogP contribution in [0.1, 0.15) is 0 Å². The van der Waals surface area contributed by atoms with Gasteiger partial charge in [0.25, 0.3) is 0 Å². The quantitative estimate of drug-likeness (QED) is 0.896. The summed E-state index contributed by atoms with van der Waals surface area (Å²) >= 11 is 9.42. The molecule has 1 aromatic heterocycles. The van der Waals surface area contributed by atoms with E-state index >= 15 is 0 Å². The molecule has 0 spiro atoms. The van der Waals surface area contributed by atoms with Crippen molar-refractivity contribution in [3.63, 3.8) is 0 Å². The summed E-state index contributed by atoms with van der Waals surface area (Å²) < 4.78 is 3.18. The topological polar surface area (TPSA) is 30.9 Å². The summed E-state index contributed by atoms with van der Waals surface area (Å²) in [5.74, 6) is 0. The lowest BCUT2D eigenvalue weighted by Crippen LogP contribution is -2.08. The zero-order valence-electron chi connectivity index (χ0n) is 7.50. The van der Waals surface area contributed by atoms with Gasteiger partial charge in [-0.05, 0) is 34.1 Å². The predicted molar refractivity (Wildman–Crippen MR) is 63.7 cm³/mol. The minimum absolute atomic E-state index is 0.638. The Balaban J connectivity index is 2.65. The molecule has 14 heavy (non-hydrogen) atoms. The standard InChI is InChI=1S/C10H10BrClN2/c11-9-6-14(4-3-13)10-2-1-7(12)5-8(9)10/h1-2,5-6H,3-4,13H2. The van der Waals surface area contributed by atoms with Crippen LogP contribution in [0.15, 0.2) is 28.9 Å². The molecule has 74 valence electrons. The van der Waals surface area contributed by atoms with Crippen molar-refractivity contribution in [2.24, 2.45) is 5.73 Å². The van der Waals surface area contributed by atoms with Gasteiger partial charge in [-0.3, -0.25) is 0 Å². The number of aromatic nitrogens is 1. The van der Waals surface area contributed by atoms with E-state index in [9.17, 15) is 0 Å². The second-order valence-electron chi connectivity index (χ2n) is 3.12. The molecular weight excluding hydrogens is 263 g/mol. The summed E-state index contributed by atoms with van der Waals surface area (Å²) in [7, 11) is 0. The van der Waals surface area contributed by atoms with E-state index in [0.29, 0.717) is 6.54 Å². The third kappa shape index (κ3) is 1.67. The number of nitrogens with two attached hydrogens (primary N) is 1. The minimum Gasteiger partial charge on any atom is -0.345 e. The van der Waals surface area contributed by atoms with Gasteiger partial charge in [-0.2, -0.15) is 0 Å². The zero-order valence-corrected chi connectivity index (χ0v) is 9.85. The lowest BCUT2D eigenvalue weighted by molar-refractivity contribution is 0.734. The van der Waals surface area contributed by atoms with Crippen LogP contribution in [0.5, 0.6) is 0 Å². The van der Waals surface area contributed by atoms with Crippen molar-refractivity contribution in [1.82, 2.24) is 4.57 Å². The molecule has 2 nitrogen and oxygen atoms in total. The lowest BCUT2D eigenvalue weighted by Gasteiger charge is -2.01. The fraction of sp³-hybridized carbons (Fsp3) is 0.200. The molecule has 1 aromatic carbocycles. The molecule has 0 unspecified atom stereocenters. The molecule has 0 aliphatic rings. The largest absolute Gasteiger partial charge is 0.345 e. The molecule has 0 aliphatic carbocycles. The second kappa shape index (κ2) is 3.93. The molecule has 0 atom stereocenters. The van der Waals surface area contributed by atoms with Gasteiger partial charge < -0.3 is 10.3 Å². The van der Waals surface area contributed by atoms with Crippen molar-refractivity contribution in [2.75, 3.05) is 6.54 Å². The molecule has 0 saturated carbocycles. The highest BCUT2D eigenvalue weighted by Gasteiger charge is 2.05. The van der Waals surface area contributed by atoms with Crippen LogP contribution in [0, 0.1) is 0 Å². The van der Waals surface area contributed by atoms with Gasteiger partial charge in [0, 0.05) is 39.7 Å². The van der Waals surface area contributed by atoms with E-state index in [0.717, 1.165) is 26.9 Å². The highest BCUT2D eigenvalue weighted by Crippen LogP contribution is 2.28. The number of hydrogen-bond donors (Lipinski definition) is 1. The highest BCUT2D eigenvalue weighted by molar-refractivity contribution is 9.10. The van der Waals surface area contributed by atoms with Gasteiger partial charge in [0.15, 0.2) is 0 Å². The third-order valence-electron chi connectivity index (χ3n) is 2.16. The number of fused-ring (bicyclic) bond motifs is 1. The molecule has 0 bridgehead atoms. The van der Waals surface area contributed by atoms with Crippen LogP contribution in [-0.2, 0) is 6.54 Å². The Morgan fingerprint density at radius 3 is 2.93 bits per heavy atom.